The number of amides is 1. The second kappa shape index (κ2) is 7.32. The van der Waals surface area contributed by atoms with Gasteiger partial charge in [0.1, 0.15) is 6.10 Å². The lowest BCUT2D eigenvalue weighted by molar-refractivity contribution is -0.00177. The lowest BCUT2D eigenvalue weighted by Gasteiger charge is -2.24. The zero-order valence-electron chi connectivity index (χ0n) is 15.5. The van der Waals surface area contributed by atoms with Crippen LogP contribution in [0.1, 0.15) is 44.5 Å². The third-order valence-corrected chi connectivity index (χ3v) is 4.80. The molecule has 3 aromatic rings. The first-order valence-corrected chi connectivity index (χ1v) is 9.04. The van der Waals surface area contributed by atoms with Gasteiger partial charge in [-0.3, -0.25) is 4.79 Å². The molecule has 2 heterocycles. The Morgan fingerprint density at radius 2 is 2.00 bits per heavy atom. The molecule has 1 atom stereocenters. The average Bonchev–Trinajstić information content (AvgIpc) is 3.10. The summed E-state index contributed by atoms with van der Waals surface area (Å²) in [6, 6.07) is 16.3. The van der Waals surface area contributed by atoms with Crippen LogP contribution in [0, 0.1) is 13.8 Å². The Hall–Kier alpha value is -2.99. The van der Waals surface area contributed by atoms with Crippen molar-refractivity contribution in [2.75, 3.05) is 0 Å². The number of aryl methyl sites for hydroxylation is 2. The molecule has 0 aliphatic carbocycles. The number of hydrogen-bond acceptors (Lipinski definition) is 4. The summed E-state index contributed by atoms with van der Waals surface area (Å²) in [5, 5.41) is 11.2. The molecule has 0 radical (unpaired) electrons. The van der Waals surface area contributed by atoms with Gasteiger partial charge in [-0.15, -0.1) is 5.10 Å². The summed E-state index contributed by atoms with van der Waals surface area (Å²) in [6.45, 7) is 5.42. The fourth-order valence-electron chi connectivity index (χ4n) is 3.26. The molecule has 2 aromatic carbocycles. The van der Waals surface area contributed by atoms with E-state index < -0.39 is 0 Å². The first kappa shape index (κ1) is 17.4. The number of aromatic nitrogens is 3. The molecule has 0 saturated carbocycles. The number of nitrogens with zero attached hydrogens (tertiary/aromatic N) is 3. The Morgan fingerprint density at radius 1 is 1.19 bits per heavy atom. The Bertz CT molecular complexity index is 963. The Balaban J connectivity index is 1.44. The maximum atomic E-state index is 12.5. The summed E-state index contributed by atoms with van der Waals surface area (Å²) in [4.78, 5) is 12.5. The van der Waals surface area contributed by atoms with Gasteiger partial charge in [0.15, 0.2) is 5.69 Å². The number of fused-ring (bicyclic) bond motifs is 1. The molecule has 1 N–H and O–H groups in total. The second-order valence-corrected chi connectivity index (χ2v) is 6.95. The predicted octanol–water partition coefficient (Wildman–Crippen LogP) is 3.10. The first-order valence-electron chi connectivity index (χ1n) is 9.04. The van der Waals surface area contributed by atoms with E-state index in [1.807, 2.05) is 25.1 Å². The molecule has 6 nitrogen and oxygen atoms in total. The van der Waals surface area contributed by atoms with Crippen molar-refractivity contribution in [2.45, 2.75) is 39.6 Å². The van der Waals surface area contributed by atoms with Gasteiger partial charge in [-0.05, 0) is 25.0 Å². The predicted molar refractivity (Wildman–Crippen MR) is 101 cm³/mol. The molecule has 0 saturated heterocycles. The van der Waals surface area contributed by atoms with Crippen LogP contribution in [0.15, 0.2) is 48.5 Å². The van der Waals surface area contributed by atoms with Crippen LogP contribution >= 0.6 is 0 Å². The van der Waals surface area contributed by atoms with E-state index in [4.69, 9.17) is 4.74 Å². The van der Waals surface area contributed by atoms with Crippen molar-refractivity contribution >= 4 is 5.91 Å². The van der Waals surface area contributed by atoms with E-state index in [2.05, 4.69) is 52.9 Å². The third kappa shape index (κ3) is 3.75. The SMILES string of the molecule is Cc1ccc(C2Cn3nnc(C(=O)NCc4cccc(C)c4)c3CO2)cc1. The largest absolute Gasteiger partial charge is 0.365 e. The van der Waals surface area contributed by atoms with Crippen LogP contribution in [-0.4, -0.2) is 20.9 Å². The minimum absolute atomic E-state index is 0.0806. The first-order chi connectivity index (χ1) is 13.1. The fourth-order valence-corrected chi connectivity index (χ4v) is 3.26. The smallest absolute Gasteiger partial charge is 0.274 e. The maximum absolute atomic E-state index is 12.5. The highest BCUT2D eigenvalue weighted by Crippen LogP contribution is 2.27. The summed E-state index contributed by atoms with van der Waals surface area (Å²) < 4.78 is 7.75. The van der Waals surface area contributed by atoms with Crippen LogP contribution in [0.4, 0.5) is 0 Å². The van der Waals surface area contributed by atoms with E-state index in [9.17, 15) is 4.79 Å². The van der Waals surface area contributed by atoms with Crippen LogP contribution in [0.3, 0.4) is 0 Å². The highest BCUT2D eigenvalue weighted by Gasteiger charge is 2.27. The zero-order chi connectivity index (χ0) is 18.8. The number of benzene rings is 2. The van der Waals surface area contributed by atoms with Crippen LogP contribution in [0.2, 0.25) is 0 Å². The quantitative estimate of drug-likeness (QED) is 0.774. The van der Waals surface area contributed by atoms with Gasteiger partial charge in [0.2, 0.25) is 0 Å². The topological polar surface area (TPSA) is 69.0 Å². The van der Waals surface area contributed by atoms with E-state index in [0.29, 0.717) is 25.4 Å². The lowest BCUT2D eigenvalue weighted by atomic mass is 10.1. The van der Waals surface area contributed by atoms with Crippen molar-refractivity contribution in [3.05, 3.63) is 82.2 Å². The fraction of sp³-hybridized carbons (Fsp3) is 0.286. The van der Waals surface area contributed by atoms with Gasteiger partial charge in [-0.2, -0.15) is 0 Å². The van der Waals surface area contributed by atoms with Crippen molar-refractivity contribution < 1.29 is 9.53 Å². The van der Waals surface area contributed by atoms with Gasteiger partial charge >= 0.3 is 0 Å². The molecule has 138 valence electrons. The van der Waals surface area contributed by atoms with E-state index in [1.54, 1.807) is 4.68 Å². The number of carbonyl (C=O) groups excluding carboxylic acids is 1. The highest BCUT2D eigenvalue weighted by atomic mass is 16.5. The van der Waals surface area contributed by atoms with Gasteiger partial charge in [-0.1, -0.05) is 64.9 Å². The van der Waals surface area contributed by atoms with Crippen molar-refractivity contribution in [2.24, 2.45) is 0 Å². The molecule has 4 rings (SSSR count). The minimum atomic E-state index is -0.227. The summed E-state index contributed by atoms with van der Waals surface area (Å²) >= 11 is 0. The number of nitrogens with one attached hydrogen (secondary N) is 1. The molecule has 1 aromatic heterocycles. The number of carbonyl (C=O) groups is 1. The Kier molecular flexibility index (Phi) is 4.73. The highest BCUT2D eigenvalue weighted by molar-refractivity contribution is 5.93. The van der Waals surface area contributed by atoms with Crippen molar-refractivity contribution in [3.63, 3.8) is 0 Å². The number of hydrogen-bond donors (Lipinski definition) is 1. The van der Waals surface area contributed by atoms with Gasteiger partial charge in [0.25, 0.3) is 5.91 Å². The standard InChI is InChI=1S/C21H22N4O2/c1-14-6-8-17(9-7-14)19-12-25-18(13-27-19)20(23-24-25)21(26)22-11-16-5-3-4-15(2)10-16/h3-10,19H,11-13H2,1-2H3,(H,22,26). The zero-order valence-corrected chi connectivity index (χ0v) is 15.5. The molecule has 0 fully saturated rings. The van der Waals surface area contributed by atoms with E-state index in [-0.39, 0.29) is 12.0 Å². The summed E-state index contributed by atoms with van der Waals surface area (Å²) in [5.41, 5.74) is 5.60. The monoisotopic (exact) mass is 362 g/mol. The Morgan fingerprint density at radius 3 is 2.78 bits per heavy atom. The lowest BCUT2D eigenvalue weighted by Crippen LogP contribution is -2.27. The van der Waals surface area contributed by atoms with E-state index in [1.165, 1.54) is 11.1 Å². The molecule has 1 aliphatic rings. The number of rotatable bonds is 4. The average molecular weight is 362 g/mol. The summed E-state index contributed by atoms with van der Waals surface area (Å²) in [6.07, 6.45) is -0.0806. The second-order valence-electron chi connectivity index (χ2n) is 6.95. The summed E-state index contributed by atoms with van der Waals surface area (Å²) in [7, 11) is 0. The van der Waals surface area contributed by atoms with Crippen molar-refractivity contribution in [3.8, 4) is 0 Å². The summed E-state index contributed by atoms with van der Waals surface area (Å²) in [5.74, 6) is -0.227. The minimum Gasteiger partial charge on any atom is -0.365 e. The molecule has 6 heteroatoms. The molecule has 0 spiro atoms. The molecular formula is C21H22N4O2. The van der Waals surface area contributed by atoms with E-state index in [0.717, 1.165) is 16.8 Å². The molecule has 1 aliphatic heterocycles. The van der Waals surface area contributed by atoms with Crippen LogP contribution < -0.4 is 5.32 Å². The van der Waals surface area contributed by atoms with Crippen LogP contribution in [-0.2, 0) is 24.4 Å². The van der Waals surface area contributed by atoms with Gasteiger partial charge < -0.3 is 10.1 Å². The van der Waals surface area contributed by atoms with E-state index >= 15 is 0 Å². The third-order valence-electron chi connectivity index (χ3n) is 4.80. The van der Waals surface area contributed by atoms with Crippen LogP contribution in [0.25, 0.3) is 0 Å². The van der Waals surface area contributed by atoms with Crippen molar-refractivity contribution in [1.29, 1.82) is 0 Å². The molecule has 1 unspecified atom stereocenters. The van der Waals surface area contributed by atoms with Crippen molar-refractivity contribution in [1.82, 2.24) is 20.3 Å². The van der Waals surface area contributed by atoms with Gasteiger partial charge in [0.05, 0.1) is 18.8 Å². The van der Waals surface area contributed by atoms with Gasteiger partial charge in [0, 0.05) is 6.54 Å². The normalized spacial score (nSPS) is 16.0. The molecule has 27 heavy (non-hydrogen) atoms. The maximum Gasteiger partial charge on any atom is 0.274 e. The Labute approximate surface area is 158 Å². The number of ether oxygens (including phenoxy) is 1. The van der Waals surface area contributed by atoms with Crippen LogP contribution in [0.5, 0.6) is 0 Å². The molecule has 1 amide bonds. The molecular weight excluding hydrogens is 340 g/mol. The molecule has 0 bridgehead atoms. The van der Waals surface area contributed by atoms with Gasteiger partial charge in [-0.25, -0.2) is 4.68 Å².